The summed E-state index contributed by atoms with van der Waals surface area (Å²) in [5.41, 5.74) is 6.79. The Morgan fingerprint density at radius 2 is 1.73 bits per heavy atom. The van der Waals surface area contributed by atoms with Crippen LogP contribution in [0.15, 0.2) is 18.2 Å². The van der Waals surface area contributed by atoms with Crippen LogP contribution in [0, 0.1) is 25.2 Å². The van der Waals surface area contributed by atoms with Crippen molar-refractivity contribution >= 4 is 23.8 Å². The van der Waals surface area contributed by atoms with Crippen molar-refractivity contribution in [3.05, 3.63) is 34.9 Å². The van der Waals surface area contributed by atoms with Gasteiger partial charge in [-0.15, -0.1) is 0 Å². The fourth-order valence-electron chi connectivity index (χ4n) is 3.89. The Labute approximate surface area is 219 Å². The standard InChI is InChI=1S/C27H41N5O5/c1-7-8-9-13-30-24(34)23(20-16-18(2)15-19(3)17-20)32(14-12-28)25(35)21(10-11-22(29)33)31-26(36)37-27(4,5)6/h15-17,21,23H,7-11,13-14H2,1-6H3,(H2,29,33)(H,30,34)(H,31,36). The maximum absolute atomic E-state index is 13.8. The van der Waals surface area contributed by atoms with Gasteiger partial charge in [0.1, 0.15) is 24.2 Å². The molecule has 4 N–H and O–H groups in total. The van der Waals surface area contributed by atoms with Gasteiger partial charge in [0.05, 0.1) is 6.07 Å². The number of aryl methyl sites for hydroxylation is 2. The number of carbonyl (C=O) groups excluding carboxylic acids is 4. The molecule has 204 valence electrons. The number of hydrogen-bond donors (Lipinski definition) is 3. The summed E-state index contributed by atoms with van der Waals surface area (Å²) in [7, 11) is 0. The van der Waals surface area contributed by atoms with E-state index in [1.54, 1.807) is 32.9 Å². The van der Waals surface area contributed by atoms with Gasteiger partial charge in [0.2, 0.25) is 17.7 Å². The van der Waals surface area contributed by atoms with Gasteiger partial charge in [0.25, 0.3) is 0 Å². The molecule has 2 atom stereocenters. The zero-order chi connectivity index (χ0) is 28.2. The van der Waals surface area contributed by atoms with Gasteiger partial charge >= 0.3 is 6.09 Å². The first-order chi connectivity index (χ1) is 17.3. The number of primary amides is 1. The molecule has 0 aliphatic heterocycles. The predicted molar refractivity (Wildman–Crippen MR) is 140 cm³/mol. The van der Waals surface area contributed by atoms with Crippen molar-refractivity contribution in [3.8, 4) is 6.07 Å². The van der Waals surface area contributed by atoms with Crippen LogP contribution in [0.4, 0.5) is 4.79 Å². The third-order valence-corrected chi connectivity index (χ3v) is 5.39. The second-order valence-corrected chi connectivity index (χ2v) is 10.1. The molecule has 1 aromatic rings. The first-order valence-electron chi connectivity index (χ1n) is 12.6. The molecule has 1 aromatic carbocycles. The molecule has 0 heterocycles. The summed E-state index contributed by atoms with van der Waals surface area (Å²) in [5, 5.41) is 15.0. The highest BCUT2D eigenvalue weighted by Crippen LogP contribution is 2.25. The van der Waals surface area contributed by atoms with Gasteiger partial charge in [-0.2, -0.15) is 5.26 Å². The highest BCUT2D eigenvalue weighted by molar-refractivity contribution is 5.92. The van der Waals surface area contributed by atoms with E-state index in [0.717, 1.165) is 35.3 Å². The summed E-state index contributed by atoms with van der Waals surface area (Å²) < 4.78 is 5.28. The van der Waals surface area contributed by atoms with Gasteiger partial charge in [0, 0.05) is 13.0 Å². The van der Waals surface area contributed by atoms with Crippen LogP contribution in [0.5, 0.6) is 0 Å². The van der Waals surface area contributed by atoms with E-state index < -0.39 is 48.0 Å². The molecule has 1 rings (SSSR count). The van der Waals surface area contributed by atoms with Crippen LogP contribution in [0.3, 0.4) is 0 Å². The van der Waals surface area contributed by atoms with E-state index >= 15 is 0 Å². The molecule has 0 aromatic heterocycles. The Hall–Kier alpha value is -3.61. The van der Waals surface area contributed by atoms with Crippen LogP contribution in [0.25, 0.3) is 0 Å². The zero-order valence-corrected chi connectivity index (χ0v) is 22.8. The summed E-state index contributed by atoms with van der Waals surface area (Å²) >= 11 is 0. The molecule has 4 amide bonds. The van der Waals surface area contributed by atoms with Gasteiger partial charge in [0.15, 0.2) is 0 Å². The van der Waals surface area contributed by atoms with Crippen LogP contribution in [0.2, 0.25) is 0 Å². The second kappa shape index (κ2) is 14.8. The molecule has 0 bridgehead atoms. The van der Waals surface area contributed by atoms with Crippen LogP contribution in [0.1, 0.15) is 82.5 Å². The molecule has 0 spiro atoms. The highest BCUT2D eigenvalue weighted by Gasteiger charge is 2.36. The van der Waals surface area contributed by atoms with Crippen molar-refractivity contribution in [1.29, 1.82) is 5.26 Å². The minimum absolute atomic E-state index is 0.118. The van der Waals surface area contributed by atoms with Crippen molar-refractivity contribution in [2.75, 3.05) is 13.1 Å². The second-order valence-electron chi connectivity index (χ2n) is 10.1. The van der Waals surface area contributed by atoms with Gasteiger partial charge in [-0.25, -0.2) is 4.79 Å². The molecule has 0 saturated carbocycles. The Bertz CT molecular complexity index is 976. The molecule has 0 aliphatic carbocycles. The Balaban J connectivity index is 3.45. The molecule has 0 radical (unpaired) electrons. The number of nitriles is 1. The summed E-state index contributed by atoms with van der Waals surface area (Å²) in [6.45, 7) is 10.8. The minimum Gasteiger partial charge on any atom is -0.444 e. The molecule has 37 heavy (non-hydrogen) atoms. The normalized spacial score (nSPS) is 12.6. The van der Waals surface area contributed by atoms with Crippen molar-refractivity contribution in [2.45, 2.75) is 91.3 Å². The maximum atomic E-state index is 13.8. The largest absolute Gasteiger partial charge is 0.444 e. The van der Waals surface area contributed by atoms with Crippen molar-refractivity contribution < 1.29 is 23.9 Å². The van der Waals surface area contributed by atoms with Crippen LogP contribution in [-0.4, -0.2) is 53.4 Å². The fraction of sp³-hybridized carbons (Fsp3) is 0.593. The number of alkyl carbamates (subject to hydrolysis) is 1. The van der Waals surface area contributed by atoms with Crippen molar-refractivity contribution in [2.24, 2.45) is 5.73 Å². The van der Waals surface area contributed by atoms with E-state index in [-0.39, 0.29) is 12.8 Å². The summed E-state index contributed by atoms with van der Waals surface area (Å²) in [6, 6.07) is 5.12. The van der Waals surface area contributed by atoms with Gasteiger partial charge in [-0.1, -0.05) is 49.1 Å². The zero-order valence-electron chi connectivity index (χ0n) is 22.8. The molecule has 2 unspecified atom stereocenters. The molecule has 10 heteroatoms. The van der Waals surface area contributed by atoms with E-state index in [1.807, 2.05) is 26.0 Å². The molecule has 10 nitrogen and oxygen atoms in total. The fourth-order valence-corrected chi connectivity index (χ4v) is 3.89. The smallest absolute Gasteiger partial charge is 0.408 e. The number of nitrogens with one attached hydrogen (secondary N) is 2. The Kier molecular flexibility index (Phi) is 12.6. The number of nitrogens with two attached hydrogens (primary N) is 1. The number of unbranched alkanes of at least 4 members (excludes halogenated alkanes) is 2. The number of amides is 4. The van der Waals surface area contributed by atoms with Crippen molar-refractivity contribution in [1.82, 2.24) is 15.5 Å². The van der Waals surface area contributed by atoms with Gasteiger partial charge in [-0.3, -0.25) is 14.4 Å². The van der Waals surface area contributed by atoms with E-state index in [9.17, 15) is 24.4 Å². The SMILES string of the molecule is CCCCCNC(=O)C(c1cc(C)cc(C)c1)N(CC#N)C(=O)C(CCC(N)=O)NC(=O)OC(C)(C)C. The van der Waals surface area contributed by atoms with Crippen molar-refractivity contribution in [3.63, 3.8) is 0 Å². The van der Waals surface area contributed by atoms with Crippen LogP contribution < -0.4 is 16.4 Å². The number of hydrogen-bond acceptors (Lipinski definition) is 6. The highest BCUT2D eigenvalue weighted by atomic mass is 16.6. The number of benzene rings is 1. The molecule has 0 aliphatic rings. The number of ether oxygens (including phenoxy) is 1. The third kappa shape index (κ3) is 11.3. The van der Waals surface area contributed by atoms with Crippen LogP contribution >= 0.6 is 0 Å². The molecular weight excluding hydrogens is 474 g/mol. The van der Waals surface area contributed by atoms with E-state index in [1.165, 1.54) is 0 Å². The lowest BCUT2D eigenvalue weighted by Crippen LogP contribution is -2.53. The first kappa shape index (κ1) is 31.4. The summed E-state index contributed by atoms with van der Waals surface area (Å²) in [6.07, 6.45) is 1.52. The lowest BCUT2D eigenvalue weighted by molar-refractivity contribution is -0.142. The predicted octanol–water partition coefficient (Wildman–Crippen LogP) is 3.16. The average molecular weight is 516 g/mol. The number of carbonyl (C=O) groups is 4. The maximum Gasteiger partial charge on any atom is 0.408 e. The first-order valence-corrected chi connectivity index (χ1v) is 12.6. The molecule has 0 saturated heterocycles. The summed E-state index contributed by atoms with van der Waals surface area (Å²) in [4.78, 5) is 52.3. The lowest BCUT2D eigenvalue weighted by atomic mass is 9.98. The van der Waals surface area contributed by atoms with Gasteiger partial charge in [-0.05, 0) is 53.0 Å². The summed E-state index contributed by atoms with van der Waals surface area (Å²) in [5.74, 6) is -1.78. The Morgan fingerprint density at radius 3 is 2.24 bits per heavy atom. The third-order valence-electron chi connectivity index (χ3n) is 5.39. The van der Waals surface area contributed by atoms with E-state index in [0.29, 0.717) is 12.1 Å². The number of nitrogens with zero attached hydrogens (tertiary/aromatic N) is 2. The monoisotopic (exact) mass is 515 g/mol. The number of rotatable bonds is 13. The van der Waals surface area contributed by atoms with E-state index in [4.69, 9.17) is 10.5 Å². The quantitative estimate of drug-likeness (QED) is 0.271. The molecular formula is C27H41N5O5. The van der Waals surface area contributed by atoms with Crippen LogP contribution in [-0.2, 0) is 19.1 Å². The average Bonchev–Trinajstić information content (AvgIpc) is 2.76. The lowest BCUT2D eigenvalue weighted by Gasteiger charge is -2.33. The Morgan fingerprint density at radius 1 is 1.11 bits per heavy atom. The van der Waals surface area contributed by atoms with Gasteiger partial charge < -0.3 is 26.0 Å². The molecule has 0 fully saturated rings. The minimum atomic E-state index is -1.24. The van der Waals surface area contributed by atoms with E-state index in [2.05, 4.69) is 17.6 Å². The topological polar surface area (TPSA) is 155 Å².